The van der Waals surface area contributed by atoms with Crippen LogP contribution in [-0.2, 0) is 6.54 Å². The Morgan fingerprint density at radius 3 is 1.39 bits per heavy atom. The molecule has 0 fully saturated rings. The first-order valence-electron chi connectivity index (χ1n) is 15.2. The molecule has 0 saturated carbocycles. The predicted octanol–water partition coefficient (Wildman–Crippen LogP) is 11.0. The summed E-state index contributed by atoms with van der Waals surface area (Å²) in [7, 11) is 0. The summed E-state index contributed by atoms with van der Waals surface area (Å²) in [6.07, 6.45) is 29.1. The zero-order valence-electron chi connectivity index (χ0n) is 23.6. The molecule has 2 nitrogen and oxygen atoms in total. The van der Waals surface area contributed by atoms with Gasteiger partial charge in [-0.25, -0.2) is 9.13 Å². The van der Waals surface area contributed by atoms with Gasteiger partial charge in [-0.15, -0.1) is 0 Å². The first-order chi connectivity index (χ1) is 18.7. The summed E-state index contributed by atoms with van der Waals surface area (Å²) in [5.74, 6) is 0. The van der Waals surface area contributed by atoms with Gasteiger partial charge in [-0.2, -0.15) is 0 Å². The number of imidazole rings is 1. The summed E-state index contributed by atoms with van der Waals surface area (Å²) in [4.78, 5) is 0. The van der Waals surface area contributed by atoms with E-state index in [-0.39, 0.29) is 6.04 Å². The Hall–Kier alpha value is -1.77. The standard InChI is InChI=1S/C34H49Cl2N2/c1-2-3-4-5-6-7-8-9-10-11-12-13-14-15-16-17-26-37-27-28-38(29-37)34(30-18-22-32(35)23-19-30)31-20-24-33(36)25-21-31/h18-25,27-29,34H,2-17,26H2,1H3/q+1. The lowest BCUT2D eigenvalue weighted by Gasteiger charge is -2.15. The maximum Gasteiger partial charge on any atom is 0.244 e. The van der Waals surface area contributed by atoms with Gasteiger partial charge in [0.25, 0.3) is 0 Å². The SMILES string of the molecule is CCCCCCCCCCCCCCCCCC[n+]1ccn(C(c2ccc(Cl)cc2)c2ccc(Cl)cc2)c1. The fourth-order valence-electron chi connectivity index (χ4n) is 5.37. The number of benzene rings is 2. The maximum absolute atomic E-state index is 6.16. The molecule has 2 aromatic carbocycles. The minimum atomic E-state index is 0.0941. The normalized spacial score (nSPS) is 11.5. The quantitative estimate of drug-likeness (QED) is 0.0967. The van der Waals surface area contributed by atoms with Gasteiger partial charge in [-0.05, 0) is 37.1 Å². The van der Waals surface area contributed by atoms with Crippen LogP contribution in [0.25, 0.3) is 0 Å². The van der Waals surface area contributed by atoms with Crippen molar-refractivity contribution in [3.05, 3.63) is 88.4 Å². The third-order valence-electron chi connectivity index (χ3n) is 7.65. The van der Waals surface area contributed by atoms with Crippen molar-refractivity contribution < 1.29 is 4.57 Å². The maximum atomic E-state index is 6.16. The van der Waals surface area contributed by atoms with E-state index in [9.17, 15) is 0 Å². The summed E-state index contributed by atoms with van der Waals surface area (Å²) in [5.41, 5.74) is 2.42. The molecule has 0 aliphatic heterocycles. The molecule has 1 heterocycles. The molecule has 0 N–H and O–H groups in total. The Morgan fingerprint density at radius 1 is 0.579 bits per heavy atom. The molecule has 1 aromatic heterocycles. The van der Waals surface area contributed by atoms with Gasteiger partial charge < -0.3 is 0 Å². The number of nitrogens with zero attached hydrogens (tertiary/aromatic N) is 2. The molecule has 0 atom stereocenters. The molecule has 0 saturated heterocycles. The Kier molecular flexibility index (Phi) is 15.0. The summed E-state index contributed by atoms with van der Waals surface area (Å²) < 4.78 is 4.61. The van der Waals surface area contributed by atoms with Crippen molar-refractivity contribution in [3.8, 4) is 0 Å². The van der Waals surface area contributed by atoms with Crippen LogP contribution in [0.5, 0.6) is 0 Å². The number of aromatic nitrogens is 2. The van der Waals surface area contributed by atoms with E-state index in [4.69, 9.17) is 23.2 Å². The average Bonchev–Trinajstić information content (AvgIpc) is 3.39. The van der Waals surface area contributed by atoms with E-state index in [0.29, 0.717) is 0 Å². The Balaban J connectivity index is 1.30. The van der Waals surface area contributed by atoms with Crippen LogP contribution in [0, 0.1) is 0 Å². The molecule has 4 heteroatoms. The molecule has 208 valence electrons. The van der Waals surface area contributed by atoms with Crippen LogP contribution in [0.4, 0.5) is 0 Å². The van der Waals surface area contributed by atoms with Crippen molar-refractivity contribution in [2.24, 2.45) is 0 Å². The van der Waals surface area contributed by atoms with Crippen molar-refractivity contribution in [2.45, 2.75) is 122 Å². The van der Waals surface area contributed by atoms with E-state index in [2.05, 4.69) is 59.0 Å². The largest absolute Gasteiger partial charge is 0.244 e. The van der Waals surface area contributed by atoms with Gasteiger partial charge in [0.15, 0.2) is 6.04 Å². The number of hydrogen-bond acceptors (Lipinski definition) is 0. The Bertz CT molecular complexity index is 949. The van der Waals surface area contributed by atoms with E-state index in [1.165, 1.54) is 114 Å². The van der Waals surface area contributed by atoms with Gasteiger partial charge in [0.2, 0.25) is 6.33 Å². The van der Waals surface area contributed by atoms with Crippen LogP contribution in [0.1, 0.15) is 127 Å². The zero-order chi connectivity index (χ0) is 26.8. The van der Waals surface area contributed by atoms with E-state index < -0.39 is 0 Å². The highest BCUT2D eigenvalue weighted by atomic mass is 35.5. The highest BCUT2D eigenvalue weighted by Crippen LogP contribution is 2.28. The summed E-state index contributed by atoms with van der Waals surface area (Å²) in [6, 6.07) is 16.4. The molecular weight excluding hydrogens is 507 g/mol. The van der Waals surface area contributed by atoms with Gasteiger partial charge >= 0.3 is 0 Å². The monoisotopic (exact) mass is 555 g/mol. The second kappa shape index (κ2) is 18.5. The fourth-order valence-corrected chi connectivity index (χ4v) is 5.62. The van der Waals surface area contributed by atoms with Crippen molar-refractivity contribution in [3.63, 3.8) is 0 Å². The minimum Gasteiger partial charge on any atom is -0.237 e. The van der Waals surface area contributed by atoms with Crippen molar-refractivity contribution >= 4 is 23.2 Å². The molecule has 0 aliphatic carbocycles. The van der Waals surface area contributed by atoms with Crippen LogP contribution in [0.3, 0.4) is 0 Å². The van der Waals surface area contributed by atoms with Crippen LogP contribution < -0.4 is 4.57 Å². The van der Waals surface area contributed by atoms with Crippen molar-refractivity contribution in [1.82, 2.24) is 4.57 Å². The van der Waals surface area contributed by atoms with E-state index >= 15 is 0 Å². The highest BCUT2D eigenvalue weighted by molar-refractivity contribution is 6.30. The van der Waals surface area contributed by atoms with E-state index in [1.807, 2.05) is 24.3 Å². The van der Waals surface area contributed by atoms with Gasteiger partial charge in [-0.1, -0.05) is 144 Å². The number of rotatable bonds is 20. The first kappa shape index (κ1) is 30.8. The number of unbranched alkanes of at least 4 members (excludes halogenated alkanes) is 15. The second-order valence-corrected chi connectivity index (χ2v) is 11.8. The van der Waals surface area contributed by atoms with Crippen molar-refractivity contribution in [2.75, 3.05) is 0 Å². The smallest absolute Gasteiger partial charge is 0.237 e. The van der Waals surface area contributed by atoms with Gasteiger partial charge in [0, 0.05) is 21.2 Å². The van der Waals surface area contributed by atoms with Crippen LogP contribution in [-0.4, -0.2) is 4.57 Å². The lowest BCUT2D eigenvalue weighted by molar-refractivity contribution is -0.697. The highest BCUT2D eigenvalue weighted by Gasteiger charge is 2.21. The van der Waals surface area contributed by atoms with Crippen LogP contribution in [0.15, 0.2) is 67.3 Å². The van der Waals surface area contributed by atoms with Crippen LogP contribution in [0.2, 0.25) is 10.0 Å². The average molecular weight is 557 g/mol. The molecule has 3 rings (SSSR count). The van der Waals surface area contributed by atoms with E-state index in [0.717, 1.165) is 16.6 Å². The van der Waals surface area contributed by atoms with E-state index in [1.54, 1.807) is 0 Å². The predicted molar refractivity (Wildman–Crippen MR) is 164 cm³/mol. The Labute approximate surface area is 242 Å². The second-order valence-electron chi connectivity index (χ2n) is 10.9. The summed E-state index contributed by atoms with van der Waals surface area (Å²) in [5, 5.41) is 1.52. The topological polar surface area (TPSA) is 8.81 Å². The van der Waals surface area contributed by atoms with Gasteiger partial charge in [0.05, 0.1) is 6.54 Å². The lowest BCUT2D eigenvalue weighted by Crippen LogP contribution is -2.31. The molecule has 0 aliphatic rings. The molecule has 0 amide bonds. The van der Waals surface area contributed by atoms with Crippen LogP contribution >= 0.6 is 23.2 Å². The molecule has 38 heavy (non-hydrogen) atoms. The fraction of sp³-hybridized carbons (Fsp3) is 0.559. The molecule has 0 spiro atoms. The van der Waals surface area contributed by atoms with Gasteiger partial charge in [0.1, 0.15) is 12.4 Å². The molecule has 0 bridgehead atoms. The first-order valence-corrected chi connectivity index (χ1v) is 16.0. The summed E-state index contributed by atoms with van der Waals surface area (Å²) >= 11 is 12.3. The molecule has 3 aromatic rings. The third kappa shape index (κ3) is 11.5. The third-order valence-corrected chi connectivity index (χ3v) is 8.16. The zero-order valence-corrected chi connectivity index (χ0v) is 25.1. The van der Waals surface area contributed by atoms with Crippen molar-refractivity contribution in [1.29, 1.82) is 0 Å². The molecule has 0 radical (unpaired) electrons. The number of hydrogen-bond donors (Lipinski definition) is 0. The number of aryl methyl sites for hydroxylation is 1. The van der Waals surface area contributed by atoms with Gasteiger partial charge in [-0.3, -0.25) is 0 Å². The summed E-state index contributed by atoms with van der Waals surface area (Å²) in [6.45, 7) is 3.36. The minimum absolute atomic E-state index is 0.0941. The molecule has 0 unspecified atom stereocenters. The molecular formula is C34H49Cl2N2+. The number of halogens is 2. The Morgan fingerprint density at radius 2 is 0.974 bits per heavy atom. The lowest BCUT2D eigenvalue weighted by atomic mass is 9.98.